The first-order valence-corrected chi connectivity index (χ1v) is 35.5. The number of carbonyl (C=O) groups excluding carboxylic acids is 8. The fraction of sp³-hybridized carbons (Fsp3) is 0.771. The van der Waals surface area contributed by atoms with Crippen LogP contribution in [0.1, 0.15) is 269 Å². The van der Waals surface area contributed by atoms with E-state index in [9.17, 15) is 52.7 Å². The quantitative estimate of drug-likeness (QED) is 0.0143. The Labute approximate surface area is 605 Å². The number of nitrogens with zero attached hydrogens (tertiary/aromatic N) is 6. The van der Waals surface area contributed by atoms with Crippen molar-refractivity contribution < 1.29 is 116 Å². The highest BCUT2D eigenvalue weighted by Crippen LogP contribution is 2.46. The summed E-state index contributed by atoms with van der Waals surface area (Å²) in [6.45, 7) is 22.5. The van der Waals surface area contributed by atoms with E-state index >= 15 is 0 Å². The smallest absolute Gasteiger partial charge is 0.319 e. The van der Waals surface area contributed by atoms with Crippen LogP contribution in [0.25, 0.3) is 0 Å². The second kappa shape index (κ2) is 77.4. The lowest BCUT2D eigenvalue weighted by molar-refractivity contribution is -0.158. The third-order valence-corrected chi connectivity index (χ3v) is 13.7. The fourth-order valence-corrected chi connectivity index (χ4v) is 8.61. The first-order valence-electron chi connectivity index (χ1n) is 34.4. The predicted molar refractivity (Wildman–Crippen MR) is 375 cm³/mol. The highest BCUT2D eigenvalue weighted by atomic mass is 31.2. The highest BCUT2D eigenvalue weighted by molar-refractivity contribution is 7.44. The van der Waals surface area contributed by atoms with Crippen LogP contribution < -0.4 is 5.73 Å². The minimum absolute atomic E-state index is 0.00264. The Balaban J connectivity index is -0.000000218. The van der Waals surface area contributed by atoms with Crippen molar-refractivity contribution >= 4 is 73.8 Å². The summed E-state index contributed by atoms with van der Waals surface area (Å²) >= 11 is 0. The van der Waals surface area contributed by atoms with Gasteiger partial charge in [-0.2, -0.15) is 26.3 Å². The number of hydrogen-bond acceptors (Lipinski definition) is 28. The van der Waals surface area contributed by atoms with Crippen LogP contribution in [-0.4, -0.2) is 178 Å². The molecule has 1 unspecified atom stereocenters. The lowest BCUT2D eigenvalue weighted by Crippen LogP contribution is -2.33. The summed E-state index contributed by atoms with van der Waals surface area (Å²) in [7, 11) is -1.22. The summed E-state index contributed by atoms with van der Waals surface area (Å²) in [6.07, 6.45) is 13.9. The van der Waals surface area contributed by atoms with Crippen LogP contribution in [-0.2, 0) is 90.2 Å². The van der Waals surface area contributed by atoms with Gasteiger partial charge in [0, 0.05) is 63.8 Å². The molecule has 0 aromatic carbocycles. The van der Waals surface area contributed by atoms with Crippen molar-refractivity contribution in [2.24, 2.45) is 5.73 Å². The number of aliphatic hydroxyl groups excluding tert-OH is 2. The van der Waals surface area contributed by atoms with Gasteiger partial charge in [-0.25, -0.2) is 4.67 Å². The molecule has 0 spiro atoms. The number of carboxylic acid groups (broad SMARTS) is 3. The minimum Gasteiger partial charge on any atom is -0.481 e. The Bertz CT molecular complexity index is 2440. The molecule has 0 rings (SSSR count). The van der Waals surface area contributed by atoms with E-state index in [-0.39, 0.29) is 153 Å². The number of hydrogen-bond donors (Lipinski definition) is 6. The lowest BCUT2D eigenvalue weighted by Gasteiger charge is -2.35. The molecule has 0 bridgehead atoms. The molecule has 584 valence electrons. The molecule has 0 aliphatic heterocycles. The van der Waals surface area contributed by atoms with Crippen molar-refractivity contribution in [1.82, 2.24) is 4.67 Å². The molecule has 7 N–H and O–H groups in total. The number of carbonyl (C=O) groups is 11. The molecule has 0 aliphatic rings. The molecule has 0 saturated heterocycles. The zero-order valence-electron chi connectivity index (χ0n) is 62.4. The number of aliphatic carboxylic acids is 3. The minimum atomic E-state index is -1.22. The number of esters is 6. The molecule has 0 saturated carbocycles. The average Bonchev–Trinajstić information content (AvgIpc) is 0.881. The van der Waals surface area contributed by atoms with Crippen LogP contribution in [0.5, 0.6) is 0 Å². The summed E-state index contributed by atoms with van der Waals surface area (Å²) < 4.78 is 42.6. The predicted octanol–water partition coefficient (Wildman–Crippen LogP) is 10.8. The van der Waals surface area contributed by atoms with Gasteiger partial charge in [-0.15, -0.1) is 0 Å². The van der Waals surface area contributed by atoms with Gasteiger partial charge in [0.2, 0.25) is 0 Å². The first-order chi connectivity index (χ1) is 48.0. The van der Waals surface area contributed by atoms with E-state index < -0.39 is 73.5 Å². The molecule has 102 heavy (non-hydrogen) atoms. The number of unbranched alkanes of at least 4 members (excludes halogenated alkanes) is 9. The van der Waals surface area contributed by atoms with Gasteiger partial charge in [-0.05, 0) is 114 Å². The van der Waals surface area contributed by atoms with Crippen molar-refractivity contribution in [3.63, 3.8) is 0 Å². The summed E-state index contributed by atoms with van der Waals surface area (Å²) in [5, 5.41) is 83.0. The largest absolute Gasteiger partial charge is 0.481 e. The number of ether oxygens (including phenoxy) is 6. The van der Waals surface area contributed by atoms with Crippen LogP contribution in [0.15, 0.2) is 0 Å². The summed E-state index contributed by atoms with van der Waals surface area (Å²) in [5.74, 6) is -5.04. The van der Waals surface area contributed by atoms with Crippen LogP contribution >= 0.6 is 8.53 Å². The molecule has 0 amide bonds. The van der Waals surface area contributed by atoms with Gasteiger partial charge in [0.25, 0.3) is 8.53 Å². The van der Waals surface area contributed by atoms with Crippen LogP contribution in [0, 0.1) is 56.7 Å². The third-order valence-electron chi connectivity index (χ3n) is 11.6. The second-order valence-electron chi connectivity index (χ2n) is 24.2. The monoisotopic (exact) mass is 1470 g/mol. The normalized spacial score (nSPS) is 10.4. The summed E-state index contributed by atoms with van der Waals surface area (Å²) in [4.78, 5) is 119. The fourth-order valence-electron chi connectivity index (χ4n) is 6.98. The molecule has 0 radical (unpaired) electrons. The molecule has 0 heterocycles. The van der Waals surface area contributed by atoms with E-state index in [4.69, 9.17) is 90.3 Å². The first kappa shape index (κ1) is 108. The van der Waals surface area contributed by atoms with Gasteiger partial charge >= 0.3 is 53.7 Å². The molecule has 31 nitrogen and oxygen atoms in total. The van der Waals surface area contributed by atoms with Crippen molar-refractivity contribution in [1.29, 1.82) is 26.3 Å². The van der Waals surface area contributed by atoms with E-state index in [0.717, 1.165) is 57.8 Å². The third kappa shape index (κ3) is 98.6. The van der Waals surface area contributed by atoms with E-state index in [1.165, 1.54) is 6.42 Å². The Morgan fingerprint density at radius 2 is 0.676 bits per heavy atom. The molecular weight excluding hydrogens is 1350 g/mol. The van der Waals surface area contributed by atoms with E-state index in [2.05, 4.69) is 50.1 Å². The van der Waals surface area contributed by atoms with Crippen molar-refractivity contribution in [2.75, 3.05) is 59.4 Å². The Hall–Kier alpha value is -7.79. The second-order valence-corrected chi connectivity index (χ2v) is 25.7. The zero-order chi connectivity index (χ0) is 79.4. The number of nitrogens with two attached hydrogens (primary N) is 1. The van der Waals surface area contributed by atoms with Crippen molar-refractivity contribution in [3.05, 3.63) is 0 Å². The zero-order valence-corrected chi connectivity index (χ0v) is 63.3. The van der Waals surface area contributed by atoms with E-state index in [1.54, 1.807) is 41.5 Å². The van der Waals surface area contributed by atoms with Crippen LogP contribution in [0.2, 0.25) is 0 Å². The number of rotatable bonds is 49. The molecule has 0 fully saturated rings. The maximum Gasteiger partial charge on any atom is 0.319 e. The van der Waals surface area contributed by atoms with Gasteiger partial charge in [-0.3, -0.25) is 52.7 Å². The number of nitriles is 5. The number of ketones is 2. The standard InChI is InChI=1S/C21H36N3O5P.C12H19NO4.C11H17NO4.C8H14O4.C7H14O2.C6H12O3.C5H8N2O2/c1-18(2)24(19(3)4)30(29-17-9-14-23)28-16-7-5-6-10-20(25)11-12-21(26)27-15-8-13-22;13-8-4-10-17-12(16)7-6-11(15)5-2-1-3-9-14;1-11(2,3)16-10(14)6-5-9(13)15-8-4-7-12;1-8(2,3)12-7(11)5-4-6(9)10;1-2-3-4-5-6-7(8)9;7-5-3-1-2-4-6(8)9;6-2-1-3-9-5(8)4-7/h18-19H,5-12,15-17H2,1-4H3;14H,1-7,9-10H2;4-6,8H2,1-3H3;4-5H2,1-3H3,(H,9,10);2-6H2,1H3,(H,8,9);7H,1-5H2,(H,8,9);1,3-4,7H2. The number of carboxylic acids is 3. The van der Waals surface area contributed by atoms with Gasteiger partial charge in [0.1, 0.15) is 49.2 Å². The average molecular weight is 1470 g/mol. The summed E-state index contributed by atoms with van der Waals surface area (Å²) in [6, 6.07) is 10.0. The molecule has 0 aromatic rings. The molecular formula is C70H120N7O24P. The van der Waals surface area contributed by atoms with E-state index in [0.29, 0.717) is 58.2 Å². The van der Waals surface area contributed by atoms with Gasteiger partial charge in [0.05, 0.1) is 121 Å². The molecule has 32 heteroatoms. The maximum atomic E-state index is 11.9. The SMILES string of the molecule is CC(C)(C)OC(=O)CCC(=O)O.CC(C)(C)OC(=O)CCC(=O)OCCC#N.CC(C)N(C(C)C)P(OCCC#N)OCCCCCC(=O)CCC(=O)OCCC#N.CCCCCCC(=O)O.N#CCCOC(=O)CCC(=O)CCCCCO.N#CCCOC(=O)CN.O=C(O)CCCCCO. The topological polar surface area (TPSA) is 511 Å². The van der Waals surface area contributed by atoms with Gasteiger partial charge in [0.15, 0.2) is 0 Å². The van der Waals surface area contributed by atoms with Crippen LogP contribution in [0.3, 0.4) is 0 Å². The number of aliphatic hydroxyl groups is 2. The molecule has 1 atom stereocenters. The van der Waals surface area contributed by atoms with E-state index in [1.807, 2.05) is 24.3 Å². The Morgan fingerprint density at radius 1 is 0.382 bits per heavy atom. The van der Waals surface area contributed by atoms with Crippen molar-refractivity contribution in [3.8, 4) is 30.3 Å². The Kier molecular flexibility index (Phi) is 81.6. The van der Waals surface area contributed by atoms with Gasteiger partial charge < -0.3 is 68.7 Å². The number of Topliss-reactive ketones (excluding diaryl/α,β-unsaturated/α-hetero) is 2. The molecule has 0 aliphatic carbocycles. The highest BCUT2D eigenvalue weighted by Gasteiger charge is 2.27. The summed E-state index contributed by atoms with van der Waals surface area (Å²) in [5.41, 5.74) is 3.82. The van der Waals surface area contributed by atoms with Crippen LogP contribution in [0.4, 0.5) is 0 Å². The Morgan fingerprint density at radius 3 is 0.990 bits per heavy atom. The van der Waals surface area contributed by atoms with Gasteiger partial charge in [-0.1, -0.05) is 45.4 Å². The maximum absolute atomic E-state index is 11.9. The molecule has 0 aromatic heterocycles. The lowest BCUT2D eigenvalue weighted by atomic mass is 10.1. The van der Waals surface area contributed by atoms with Crippen molar-refractivity contribution in [2.45, 2.75) is 292 Å².